The van der Waals surface area contributed by atoms with Gasteiger partial charge < -0.3 is 15.5 Å². The van der Waals surface area contributed by atoms with E-state index in [-0.39, 0.29) is 6.03 Å². The predicted molar refractivity (Wildman–Crippen MR) is 61.9 cm³/mol. The van der Waals surface area contributed by atoms with Crippen molar-refractivity contribution in [3.8, 4) is 0 Å². The van der Waals surface area contributed by atoms with Gasteiger partial charge in [0.1, 0.15) is 0 Å². The van der Waals surface area contributed by atoms with Crippen molar-refractivity contribution in [2.75, 3.05) is 33.2 Å². The number of hydrogen-bond donors (Lipinski definition) is 2. The Kier molecular flexibility index (Phi) is 5.47. The molecule has 1 saturated heterocycles. The number of nitrogens with zero attached hydrogens (tertiary/aromatic N) is 1. The Morgan fingerprint density at radius 3 is 3.00 bits per heavy atom. The van der Waals surface area contributed by atoms with Gasteiger partial charge in [-0.2, -0.15) is 0 Å². The van der Waals surface area contributed by atoms with Crippen molar-refractivity contribution in [2.24, 2.45) is 5.92 Å². The summed E-state index contributed by atoms with van der Waals surface area (Å²) in [4.78, 5) is 13.4. The first-order chi connectivity index (χ1) is 7.24. The SMILES string of the molecule is CCCNC(=O)N(C)CC1CCCNC1. The molecular weight excluding hydrogens is 190 g/mol. The molecule has 0 spiro atoms. The van der Waals surface area contributed by atoms with Crippen LogP contribution in [0.15, 0.2) is 0 Å². The molecule has 0 aromatic carbocycles. The molecule has 0 aliphatic carbocycles. The van der Waals surface area contributed by atoms with Gasteiger partial charge in [-0.15, -0.1) is 0 Å². The fourth-order valence-electron chi connectivity index (χ4n) is 1.92. The molecule has 1 heterocycles. The molecule has 2 amide bonds. The maximum absolute atomic E-state index is 11.6. The Morgan fingerprint density at radius 2 is 2.40 bits per heavy atom. The zero-order chi connectivity index (χ0) is 11.1. The summed E-state index contributed by atoms with van der Waals surface area (Å²) >= 11 is 0. The van der Waals surface area contributed by atoms with Crippen LogP contribution in [0.3, 0.4) is 0 Å². The van der Waals surface area contributed by atoms with E-state index in [1.54, 1.807) is 4.90 Å². The summed E-state index contributed by atoms with van der Waals surface area (Å²) in [6, 6.07) is 0.0578. The van der Waals surface area contributed by atoms with Gasteiger partial charge in [-0.1, -0.05) is 6.92 Å². The summed E-state index contributed by atoms with van der Waals surface area (Å²) in [5.41, 5.74) is 0. The smallest absolute Gasteiger partial charge is 0.317 e. The lowest BCUT2D eigenvalue weighted by Gasteiger charge is -2.27. The minimum Gasteiger partial charge on any atom is -0.338 e. The fraction of sp³-hybridized carbons (Fsp3) is 0.909. The molecule has 4 heteroatoms. The van der Waals surface area contributed by atoms with Gasteiger partial charge in [0, 0.05) is 20.1 Å². The standard InChI is InChI=1S/C11H23N3O/c1-3-6-13-11(15)14(2)9-10-5-4-7-12-8-10/h10,12H,3-9H2,1-2H3,(H,13,15). The Morgan fingerprint density at radius 1 is 1.60 bits per heavy atom. The normalized spacial score (nSPS) is 21.1. The number of carbonyl (C=O) groups is 1. The zero-order valence-electron chi connectivity index (χ0n) is 9.88. The van der Waals surface area contributed by atoms with E-state index in [4.69, 9.17) is 0 Å². The molecule has 0 bridgehead atoms. The summed E-state index contributed by atoms with van der Waals surface area (Å²) in [6.07, 6.45) is 3.46. The summed E-state index contributed by atoms with van der Waals surface area (Å²) in [7, 11) is 1.87. The van der Waals surface area contributed by atoms with Crippen LogP contribution in [0.5, 0.6) is 0 Å². The highest BCUT2D eigenvalue weighted by Crippen LogP contribution is 2.10. The van der Waals surface area contributed by atoms with Gasteiger partial charge in [-0.25, -0.2) is 4.79 Å². The van der Waals surface area contributed by atoms with Crippen molar-refractivity contribution in [1.29, 1.82) is 0 Å². The topological polar surface area (TPSA) is 44.4 Å². The second-order valence-corrected chi connectivity index (χ2v) is 4.32. The highest BCUT2D eigenvalue weighted by atomic mass is 16.2. The number of hydrogen-bond acceptors (Lipinski definition) is 2. The van der Waals surface area contributed by atoms with Gasteiger partial charge in [0.25, 0.3) is 0 Å². The van der Waals surface area contributed by atoms with Crippen molar-refractivity contribution < 1.29 is 4.79 Å². The van der Waals surface area contributed by atoms with Crippen LogP contribution in [0.4, 0.5) is 4.79 Å². The Balaban J connectivity index is 2.20. The average molecular weight is 213 g/mol. The first kappa shape index (κ1) is 12.3. The molecule has 0 radical (unpaired) electrons. The van der Waals surface area contributed by atoms with Crippen LogP contribution in [0.2, 0.25) is 0 Å². The lowest BCUT2D eigenvalue weighted by atomic mass is 9.99. The second-order valence-electron chi connectivity index (χ2n) is 4.32. The van der Waals surface area contributed by atoms with E-state index >= 15 is 0 Å². The molecule has 0 saturated carbocycles. The van der Waals surface area contributed by atoms with Gasteiger partial charge in [0.2, 0.25) is 0 Å². The van der Waals surface area contributed by atoms with Crippen LogP contribution in [0, 0.1) is 5.92 Å². The molecule has 0 aromatic heterocycles. The number of piperidine rings is 1. The van der Waals surface area contributed by atoms with Gasteiger partial charge in [0.05, 0.1) is 0 Å². The molecule has 1 rings (SSSR count). The molecule has 4 nitrogen and oxygen atoms in total. The maximum atomic E-state index is 11.6. The molecule has 1 aliphatic heterocycles. The third kappa shape index (κ3) is 4.51. The zero-order valence-corrected chi connectivity index (χ0v) is 9.88. The maximum Gasteiger partial charge on any atom is 0.317 e. The van der Waals surface area contributed by atoms with E-state index in [9.17, 15) is 4.79 Å². The summed E-state index contributed by atoms with van der Waals surface area (Å²) in [6.45, 7) is 5.87. The van der Waals surface area contributed by atoms with E-state index in [0.29, 0.717) is 5.92 Å². The number of amides is 2. The number of carbonyl (C=O) groups excluding carboxylic acids is 1. The third-order valence-corrected chi connectivity index (χ3v) is 2.80. The van der Waals surface area contributed by atoms with Crippen LogP contribution >= 0.6 is 0 Å². The second kappa shape index (κ2) is 6.67. The Bertz CT molecular complexity index is 190. The summed E-state index contributed by atoms with van der Waals surface area (Å²) in [5.74, 6) is 0.621. The molecule has 1 unspecified atom stereocenters. The van der Waals surface area contributed by atoms with Crippen LogP contribution in [-0.2, 0) is 0 Å². The number of urea groups is 1. The number of nitrogens with one attached hydrogen (secondary N) is 2. The molecule has 2 N–H and O–H groups in total. The van der Waals surface area contributed by atoms with Crippen molar-refractivity contribution in [1.82, 2.24) is 15.5 Å². The van der Waals surface area contributed by atoms with Crippen LogP contribution in [0.25, 0.3) is 0 Å². The Labute approximate surface area is 92.4 Å². The van der Waals surface area contributed by atoms with Gasteiger partial charge in [0.15, 0.2) is 0 Å². The lowest BCUT2D eigenvalue weighted by Crippen LogP contribution is -2.43. The van der Waals surface area contributed by atoms with Crippen LogP contribution in [-0.4, -0.2) is 44.2 Å². The monoisotopic (exact) mass is 213 g/mol. The molecular formula is C11H23N3O. The Hall–Kier alpha value is -0.770. The van der Waals surface area contributed by atoms with Gasteiger partial charge >= 0.3 is 6.03 Å². The van der Waals surface area contributed by atoms with Gasteiger partial charge in [-0.3, -0.25) is 0 Å². The molecule has 88 valence electrons. The van der Waals surface area contributed by atoms with E-state index in [1.165, 1.54) is 12.8 Å². The lowest BCUT2D eigenvalue weighted by molar-refractivity contribution is 0.195. The highest BCUT2D eigenvalue weighted by molar-refractivity contribution is 5.73. The average Bonchev–Trinajstić information content (AvgIpc) is 2.27. The van der Waals surface area contributed by atoms with Crippen LogP contribution in [0.1, 0.15) is 26.2 Å². The first-order valence-electron chi connectivity index (χ1n) is 5.93. The number of rotatable bonds is 4. The predicted octanol–water partition coefficient (Wildman–Crippen LogP) is 1.04. The van der Waals surface area contributed by atoms with Gasteiger partial charge in [-0.05, 0) is 38.3 Å². The van der Waals surface area contributed by atoms with E-state index in [1.807, 2.05) is 7.05 Å². The van der Waals surface area contributed by atoms with E-state index in [0.717, 1.165) is 32.6 Å². The first-order valence-corrected chi connectivity index (χ1v) is 5.93. The minimum atomic E-state index is 0.0578. The molecule has 15 heavy (non-hydrogen) atoms. The fourth-order valence-corrected chi connectivity index (χ4v) is 1.92. The molecule has 0 aromatic rings. The molecule has 1 atom stereocenters. The van der Waals surface area contributed by atoms with Crippen molar-refractivity contribution >= 4 is 6.03 Å². The van der Waals surface area contributed by atoms with E-state index in [2.05, 4.69) is 17.6 Å². The molecule has 1 fully saturated rings. The van der Waals surface area contributed by atoms with Crippen molar-refractivity contribution in [3.05, 3.63) is 0 Å². The quantitative estimate of drug-likeness (QED) is 0.733. The van der Waals surface area contributed by atoms with Crippen molar-refractivity contribution in [3.63, 3.8) is 0 Å². The third-order valence-electron chi connectivity index (χ3n) is 2.80. The van der Waals surface area contributed by atoms with Crippen molar-refractivity contribution in [2.45, 2.75) is 26.2 Å². The summed E-state index contributed by atoms with van der Waals surface area (Å²) in [5, 5.41) is 6.25. The largest absolute Gasteiger partial charge is 0.338 e. The van der Waals surface area contributed by atoms with E-state index < -0.39 is 0 Å². The minimum absolute atomic E-state index is 0.0578. The molecule has 1 aliphatic rings. The summed E-state index contributed by atoms with van der Waals surface area (Å²) < 4.78 is 0. The van der Waals surface area contributed by atoms with Crippen LogP contribution < -0.4 is 10.6 Å². The highest BCUT2D eigenvalue weighted by Gasteiger charge is 2.17.